The van der Waals surface area contributed by atoms with Gasteiger partial charge in [0.25, 0.3) is 0 Å². The molecule has 1 heterocycles. The zero-order valence-electron chi connectivity index (χ0n) is 7.11. The van der Waals surface area contributed by atoms with Crippen LogP contribution in [0.15, 0.2) is 12.7 Å². The summed E-state index contributed by atoms with van der Waals surface area (Å²) in [5.41, 5.74) is -0.394. The monoisotopic (exact) mass is 214 g/mol. The van der Waals surface area contributed by atoms with Gasteiger partial charge in [0.2, 0.25) is 5.28 Å². The van der Waals surface area contributed by atoms with Gasteiger partial charge in [0.1, 0.15) is 5.69 Å². The molecule has 0 saturated carbocycles. The molecular formula is C8H7ClN2O3. The number of imidazole rings is 1. The number of carbonyl (C=O) groups excluding carboxylic acids is 1. The SMILES string of the molecule is C=CCn1c(Cl)nc(C=O)c1C(=O)O. The lowest BCUT2D eigenvalue weighted by molar-refractivity contribution is 0.0682. The molecule has 0 saturated heterocycles. The molecule has 1 aromatic heterocycles. The van der Waals surface area contributed by atoms with E-state index in [0.717, 1.165) is 0 Å². The second-order valence-corrected chi connectivity index (χ2v) is 2.78. The van der Waals surface area contributed by atoms with Gasteiger partial charge in [-0.3, -0.25) is 4.79 Å². The Kier molecular flexibility index (Phi) is 3.03. The summed E-state index contributed by atoms with van der Waals surface area (Å²) < 4.78 is 1.20. The van der Waals surface area contributed by atoms with Gasteiger partial charge < -0.3 is 9.67 Å². The van der Waals surface area contributed by atoms with Crippen molar-refractivity contribution >= 4 is 23.9 Å². The van der Waals surface area contributed by atoms with Crippen LogP contribution in [0, 0.1) is 0 Å². The van der Waals surface area contributed by atoms with E-state index in [0.29, 0.717) is 6.29 Å². The van der Waals surface area contributed by atoms with Gasteiger partial charge >= 0.3 is 5.97 Å². The maximum atomic E-state index is 10.8. The van der Waals surface area contributed by atoms with Crippen LogP contribution >= 0.6 is 11.6 Å². The standard InChI is InChI=1S/C8H7ClN2O3/c1-2-3-11-6(7(13)14)5(4-12)10-8(11)9/h2,4H,1,3H2,(H,13,14). The Balaban J connectivity index is 3.37. The highest BCUT2D eigenvalue weighted by molar-refractivity contribution is 6.29. The summed E-state index contributed by atoms with van der Waals surface area (Å²) in [5.74, 6) is -1.24. The maximum absolute atomic E-state index is 10.8. The molecule has 5 nitrogen and oxygen atoms in total. The van der Waals surface area contributed by atoms with Crippen molar-refractivity contribution in [3.8, 4) is 0 Å². The molecule has 1 rings (SSSR count). The van der Waals surface area contributed by atoms with Crippen LogP contribution in [0.3, 0.4) is 0 Å². The lowest BCUT2D eigenvalue weighted by Crippen LogP contribution is -2.09. The molecule has 0 fully saturated rings. The van der Waals surface area contributed by atoms with Crippen LogP contribution in [0.4, 0.5) is 0 Å². The summed E-state index contributed by atoms with van der Waals surface area (Å²) in [5, 5.41) is 8.77. The number of carboxylic acids is 1. The quantitative estimate of drug-likeness (QED) is 0.605. The molecule has 6 heteroatoms. The Morgan fingerprint density at radius 1 is 1.71 bits per heavy atom. The average molecular weight is 215 g/mol. The highest BCUT2D eigenvalue weighted by Crippen LogP contribution is 2.15. The lowest BCUT2D eigenvalue weighted by atomic mass is 10.3. The Morgan fingerprint density at radius 3 is 2.79 bits per heavy atom. The number of aromatic nitrogens is 2. The zero-order valence-corrected chi connectivity index (χ0v) is 7.86. The Labute approximate surface area is 84.6 Å². The van der Waals surface area contributed by atoms with Gasteiger partial charge in [-0.1, -0.05) is 6.08 Å². The number of nitrogens with zero attached hydrogens (tertiary/aromatic N) is 2. The molecule has 0 bridgehead atoms. The predicted octanol–water partition coefficient (Wildman–Crippen LogP) is 1.23. The maximum Gasteiger partial charge on any atom is 0.355 e. The number of hydrogen-bond donors (Lipinski definition) is 1. The predicted molar refractivity (Wildman–Crippen MR) is 49.8 cm³/mol. The molecule has 0 radical (unpaired) electrons. The third-order valence-electron chi connectivity index (χ3n) is 1.57. The normalized spacial score (nSPS) is 9.79. The minimum Gasteiger partial charge on any atom is -0.477 e. The number of carboxylic acid groups (broad SMARTS) is 1. The number of rotatable bonds is 4. The first-order valence-electron chi connectivity index (χ1n) is 3.67. The average Bonchev–Trinajstić information content (AvgIpc) is 2.44. The van der Waals surface area contributed by atoms with Crippen LogP contribution in [0.1, 0.15) is 21.0 Å². The minimum absolute atomic E-state index is 0.0376. The number of aromatic carboxylic acids is 1. The van der Waals surface area contributed by atoms with E-state index in [1.165, 1.54) is 10.6 Å². The smallest absolute Gasteiger partial charge is 0.355 e. The van der Waals surface area contributed by atoms with Gasteiger partial charge in [0, 0.05) is 6.54 Å². The van der Waals surface area contributed by atoms with Crippen LogP contribution < -0.4 is 0 Å². The highest BCUT2D eigenvalue weighted by atomic mass is 35.5. The molecule has 74 valence electrons. The van der Waals surface area contributed by atoms with Gasteiger partial charge in [0.05, 0.1) is 0 Å². The molecule has 0 amide bonds. The van der Waals surface area contributed by atoms with Crippen molar-refractivity contribution in [2.24, 2.45) is 0 Å². The Hall–Kier alpha value is -1.62. The Bertz CT molecular complexity index is 398. The van der Waals surface area contributed by atoms with Crippen LogP contribution in [0.5, 0.6) is 0 Å². The fourth-order valence-electron chi connectivity index (χ4n) is 1.05. The van der Waals surface area contributed by atoms with Crippen molar-refractivity contribution in [3.05, 3.63) is 29.3 Å². The Morgan fingerprint density at radius 2 is 2.36 bits per heavy atom. The summed E-state index contributed by atoms with van der Waals surface area (Å²) in [7, 11) is 0. The van der Waals surface area contributed by atoms with Crippen LogP contribution in [-0.2, 0) is 6.54 Å². The van der Waals surface area contributed by atoms with E-state index in [2.05, 4.69) is 11.6 Å². The molecule has 0 aliphatic heterocycles. The summed E-state index contributed by atoms with van der Waals surface area (Å²) in [4.78, 5) is 24.9. The fraction of sp³-hybridized carbons (Fsp3) is 0.125. The van der Waals surface area contributed by atoms with Gasteiger partial charge in [-0.25, -0.2) is 9.78 Å². The minimum atomic E-state index is -1.24. The second-order valence-electron chi connectivity index (χ2n) is 2.44. The van der Waals surface area contributed by atoms with Crippen molar-refractivity contribution in [2.45, 2.75) is 6.54 Å². The summed E-state index contributed by atoms with van der Waals surface area (Å²) >= 11 is 5.63. The molecule has 0 aromatic carbocycles. The number of aldehydes is 1. The summed E-state index contributed by atoms with van der Waals surface area (Å²) in [6, 6.07) is 0. The first-order chi connectivity index (χ1) is 6.61. The summed E-state index contributed by atoms with van der Waals surface area (Å²) in [6.45, 7) is 3.64. The van der Waals surface area contributed by atoms with Crippen molar-refractivity contribution in [1.29, 1.82) is 0 Å². The largest absolute Gasteiger partial charge is 0.477 e. The van der Waals surface area contributed by atoms with E-state index in [9.17, 15) is 9.59 Å². The molecule has 1 aromatic rings. The molecule has 14 heavy (non-hydrogen) atoms. The van der Waals surface area contributed by atoms with Crippen molar-refractivity contribution in [1.82, 2.24) is 9.55 Å². The molecule has 0 spiro atoms. The van der Waals surface area contributed by atoms with Crippen molar-refractivity contribution in [2.75, 3.05) is 0 Å². The number of hydrogen-bond acceptors (Lipinski definition) is 3. The third kappa shape index (κ3) is 1.67. The van der Waals surface area contributed by atoms with Crippen LogP contribution in [-0.4, -0.2) is 26.9 Å². The van der Waals surface area contributed by atoms with Crippen LogP contribution in [0.25, 0.3) is 0 Å². The van der Waals surface area contributed by atoms with Crippen molar-refractivity contribution in [3.63, 3.8) is 0 Å². The number of allylic oxidation sites excluding steroid dienone is 1. The second kappa shape index (κ2) is 4.06. The number of halogens is 1. The molecule has 0 aliphatic rings. The van der Waals surface area contributed by atoms with E-state index >= 15 is 0 Å². The highest BCUT2D eigenvalue weighted by Gasteiger charge is 2.20. The first kappa shape index (κ1) is 10.5. The van der Waals surface area contributed by atoms with E-state index in [4.69, 9.17) is 16.7 Å². The topological polar surface area (TPSA) is 72.2 Å². The van der Waals surface area contributed by atoms with Gasteiger partial charge in [-0.15, -0.1) is 6.58 Å². The van der Waals surface area contributed by atoms with E-state index in [1.54, 1.807) is 0 Å². The molecule has 1 N–H and O–H groups in total. The molecular weight excluding hydrogens is 208 g/mol. The van der Waals surface area contributed by atoms with E-state index < -0.39 is 5.97 Å². The zero-order chi connectivity index (χ0) is 10.7. The molecule has 0 atom stereocenters. The summed E-state index contributed by atoms with van der Waals surface area (Å²) in [6.07, 6.45) is 1.82. The lowest BCUT2D eigenvalue weighted by Gasteiger charge is -2.01. The first-order valence-corrected chi connectivity index (χ1v) is 4.05. The van der Waals surface area contributed by atoms with E-state index in [-0.39, 0.29) is 23.2 Å². The van der Waals surface area contributed by atoms with Crippen LogP contribution in [0.2, 0.25) is 5.28 Å². The third-order valence-corrected chi connectivity index (χ3v) is 1.86. The van der Waals surface area contributed by atoms with Crippen molar-refractivity contribution < 1.29 is 14.7 Å². The van der Waals surface area contributed by atoms with E-state index in [1.807, 2.05) is 0 Å². The van der Waals surface area contributed by atoms with Gasteiger partial charge in [-0.2, -0.15) is 0 Å². The van der Waals surface area contributed by atoms with Gasteiger partial charge in [-0.05, 0) is 11.6 Å². The fourth-order valence-corrected chi connectivity index (χ4v) is 1.29. The molecule has 0 aliphatic carbocycles. The molecule has 0 unspecified atom stereocenters. The number of carbonyl (C=O) groups is 2. The van der Waals surface area contributed by atoms with Gasteiger partial charge in [0.15, 0.2) is 12.0 Å².